The van der Waals surface area contributed by atoms with E-state index in [1.54, 1.807) is 6.08 Å². The lowest BCUT2D eigenvalue weighted by Gasteiger charge is -2.72. The SMILES string of the molecule is COC(=O)C1(C)CCC2(C)CCC3(C)C4CCC5C(=CC(=O)C(O)=C5C)C4(C)CCC3(C)C2C1. The van der Waals surface area contributed by atoms with Gasteiger partial charge in [-0.2, -0.15) is 0 Å². The predicted octanol–water partition coefficient (Wildman–Crippen LogP) is 6.95. The maximum Gasteiger partial charge on any atom is 0.311 e. The Morgan fingerprint density at radius 1 is 0.941 bits per heavy atom. The molecule has 0 spiro atoms. The molecule has 34 heavy (non-hydrogen) atoms. The van der Waals surface area contributed by atoms with E-state index in [-0.39, 0.29) is 45.1 Å². The van der Waals surface area contributed by atoms with Crippen molar-refractivity contribution in [2.75, 3.05) is 7.11 Å². The number of aliphatic hydroxyl groups is 1. The van der Waals surface area contributed by atoms with E-state index in [0.29, 0.717) is 11.8 Å². The van der Waals surface area contributed by atoms with Crippen LogP contribution in [0, 0.1) is 44.8 Å². The number of ether oxygens (including phenoxy) is 1. The summed E-state index contributed by atoms with van der Waals surface area (Å²) >= 11 is 0. The van der Waals surface area contributed by atoms with Crippen molar-refractivity contribution in [1.29, 1.82) is 0 Å². The molecule has 5 rings (SSSR count). The second-order valence-electron chi connectivity index (χ2n) is 13.9. The van der Waals surface area contributed by atoms with Crippen LogP contribution in [-0.4, -0.2) is 24.0 Å². The maximum atomic E-state index is 12.8. The highest BCUT2D eigenvalue weighted by Gasteiger charge is 2.69. The first-order valence-corrected chi connectivity index (χ1v) is 13.5. The fourth-order valence-electron chi connectivity index (χ4n) is 10.1. The van der Waals surface area contributed by atoms with Crippen molar-refractivity contribution in [3.05, 3.63) is 23.0 Å². The van der Waals surface area contributed by atoms with Gasteiger partial charge in [-0.15, -0.1) is 0 Å². The molecule has 4 heteroatoms. The molecule has 0 radical (unpaired) electrons. The highest BCUT2D eigenvalue weighted by Crippen LogP contribution is 2.76. The molecule has 0 heterocycles. The predicted molar refractivity (Wildman–Crippen MR) is 133 cm³/mol. The number of ketones is 1. The van der Waals surface area contributed by atoms with Gasteiger partial charge in [0.05, 0.1) is 12.5 Å². The summed E-state index contributed by atoms with van der Waals surface area (Å²) in [6.45, 7) is 14.1. The van der Waals surface area contributed by atoms with Crippen LogP contribution >= 0.6 is 0 Å². The summed E-state index contributed by atoms with van der Waals surface area (Å²) in [5.41, 5.74) is 2.34. The van der Waals surface area contributed by atoms with Crippen molar-refractivity contribution < 1.29 is 19.4 Å². The normalized spacial score (nSPS) is 50.4. The molecule has 0 bridgehead atoms. The Hall–Kier alpha value is -1.58. The van der Waals surface area contributed by atoms with Gasteiger partial charge in [0, 0.05) is 5.92 Å². The van der Waals surface area contributed by atoms with Crippen LogP contribution in [0.3, 0.4) is 0 Å². The van der Waals surface area contributed by atoms with E-state index in [4.69, 9.17) is 4.74 Å². The Morgan fingerprint density at radius 3 is 2.24 bits per heavy atom. The number of carbonyl (C=O) groups is 2. The molecular formula is C30H44O4. The molecule has 1 N–H and O–H groups in total. The van der Waals surface area contributed by atoms with E-state index in [9.17, 15) is 14.7 Å². The van der Waals surface area contributed by atoms with Crippen LogP contribution in [0.1, 0.15) is 99.3 Å². The molecule has 8 atom stereocenters. The van der Waals surface area contributed by atoms with Gasteiger partial charge >= 0.3 is 5.97 Å². The zero-order chi connectivity index (χ0) is 24.9. The summed E-state index contributed by atoms with van der Waals surface area (Å²) in [4.78, 5) is 25.5. The number of hydrogen-bond donors (Lipinski definition) is 1. The first-order valence-electron chi connectivity index (χ1n) is 13.5. The number of fused-ring (bicyclic) bond motifs is 7. The van der Waals surface area contributed by atoms with Crippen LogP contribution in [0.4, 0.5) is 0 Å². The van der Waals surface area contributed by atoms with E-state index in [1.165, 1.54) is 25.5 Å². The second-order valence-corrected chi connectivity index (χ2v) is 13.9. The van der Waals surface area contributed by atoms with Gasteiger partial charge in [-0.05, 0) is 117 Å². The van der Waals surface area contributed by atoms with Gasteiger partial charge in [-0.1, -0.05) is 33.3 Å². The molecular weight excluding hydrogens is 424 g/mol. The van der Waals surface area contributed by atoms with Crippen LogP contribution in [0.5, 0.6) is 0 Å². The van der Waals surface area contributed by atoms with Crippen molar-refractivity contribution in [3.63, 3.8) is 0 Å². The maximum absolute atomic E-state index is 12.8. The van der Waals surface area contributed by atoms with Gasteiger partial charge in [0.25, 0.3) is 0 Å². The number of esters is 1. The van der Waals surface area contributed by atoms with Crippen molar-refractivity contribution in [2.24, 2.45) is 44.8 Å². The summed E-state index contributed by atoms with van der Waals surface area (Å²) in [5, 5.41) is 10.4. The number of aliphatic hydroxyl groups excluding tert-OH is 1. The Balaban J connectivity index is 1.55. The van der Waals surface area contributed by atoms with Gasteiger partial charge < -0.3 is 9.84 Å². The molecule has 188 valence electrons. The summed E-state index contributed by atoms with van der Waals surface area (Å²) in [7, 11) is 1.53. The minimum atomic E-state index is -0.393. The van der Waals surface area contributed by atoms with Crippen LogP contribution in [0.2, 0.25) is 0 Å². The number of methoxy groups -OCH3 is 1. The zero-order valence-corrected chi connectivity index (χ0v) is 22.3. The van der Waals surface area contributed by atoms with E-state index >= 15 is 0 Å². The Labute approximate surface area is 205 Å². The van der Waals surface area contributed by atoms with E-state index in [2.05, 4.69) is 34.6 Å². The Morgan fingerprint density at radius 2 is 1.56 bits per heavy atom. The van der Waals surface area contributed by atoms with Crippen molar-refractivity contribution in [2.45, 2.75) is 99.3 Å². The van der Waals surface area contributed by atoms with Crippen LogP contribution in [0.25, 0.3) is 0 Å². The fraction of sp³-hybridized carbons (Fsp3) is 0.800. The smallest absolute Gasteiger partial charge is 0.311 e. The largest absolute Gasteiger partial charge is 0.504 e. The van der Waals surface area contributed by atoms with Crippen LogP contribution in [0.15, 0.2) is 23.0 Å². The van der Waals surface area contributed by atoms with E-state index in [0.717, 1.165) is 50.5 Å². The molecule has 4 fully saturated rings. The van der Waals surface area contributed by atoms with Crippen molar-refractivity contribution in [1.82, 2.24) is 0 Å². The average molecular weight is 469 g/mol. The topological polar surface area (TPSA) is 63.6 Å². The molecule has 0 saturated heterocycles. The minimum Gasteiger partial charge on any atom is -0.504 e. The lowest BCUT2D eigenvalue weighted by molar-refractivity contribution is -0.223. The summed E-state index contributed by atoms with van der Waals surface area (Å²) in [6.07, 6.45) is 11.5. The van der Waals surface area contributed by atoms with Gasteiger partial charge in [0.1, 0.15) is 0 Å². The monoisotopic (exact) mass is 468 g/mol. The van der Waals surface area contributed by atoms with Crippen molar-refractivity contribution >= 4 is 11.8 Å². The summed E-state index contributed by atoms with van der Waals surface area (Å²) in [6, 6.07) is 0. The third kappa shape index (κ3) is 2.83. The zero-order valence-electron chi connectivity index (χ0n) is 22.3. The number of allylic oxidation sites excluding steroid dienone is 3. The third-order valence-corrected chi connectivity index (χ3v) is 12.6. The lowest BCUT2D eigenvalue weighted by Crippen LogP contribution is -2.65. The lowest BCUT2D eigenvalue weighted by atomic mass is 9.32. The highest BCUT2D eigenvalue weighted by atomic mass is 16.5. The molecule has 4 nitrogen and oxygen atoms in total. The first kappa shape index (κ1) is 24.1. The van der Waals surface area contributed by atoms with Gasteiger partial charge in [0.2, 0.25) is 5.78 Å². The average Bonchev–Trinajstić information content (AvgIpc) is 2.80. The van der Waals surface area contributed by atoms with E-state index in [1.807, 2.05) is 6.92 Å². The Kier molecular flexibility index (Phi) is 5.13. The molecule has 0 amide bonds. The fourth-order valence-corrected chi connectivity index (χ4v) is 10.1. The molecule has 8 unspecified atom stereocenters. The molecule has 0 aromatic rings. The first-order chi connectivity index (χ1) is 15.8. The van der Waals surface area contributed by atoms with Crippen molar-refractivity contribution in [3.8, 4) is 0 Å². The van der Waals surface area contributed by atoms with Crippen LogP contribution < -0.4 is 0 Å². The second kappa shape index (κ2) is 7.23. The minimum absolute atomic E-state index is 0.0111. The van der Waals surface area contributed by atoms with Gasteiger partial charge in [-0.25, -0.2) is 0 Å². The number of rotatable bonds is 1. The molecule has 4 saturated carbocycles. The summed E-state index contributed by atoms with van der Waals surface area (Å²) in [5.74, 6) is 0.934. The number of hydrogen-bond acceptors (Lipinski definition) is 4. The van der Waals surface area contributed by atoms with E-state index < -0.39 is 5.41 Å². The van der Waals surface area contributed by atoms with Gasteiger partial charge in [0.15, 0.2) is 5.76 Å². The molecule has 0 aliphatic heterocycles. The molecule has 5 aliphatic carbocycles. The van der Waals surface area contributed by atoms with Gasteiger partial charge in [-0.3, -0.25) is 9.59 Å². The molecule has 0 aromatic carbocycles. The standard InChI is InChI=1S/C30H44O4/c1-18-19-8-9-22-28(4,20(19)16-21(31)24(18)32)13-15-30(6)23-17-27(3,25(33)34-7)11-10-26(23,2)12-14-29(22,30)5/h16,19,22-23,32H,8-15,17H2,1-7H3. The quantitative estimate of drug-likeness (QED) is 0.423. The Bertz CT molecular complexity index is 1010. The molecule has 0 aromatic heterocycles. The number of carbonyl (C=O) groups excluding carboxylic acids is 2. The van der Waals surface area contributed by atoms with Crippen LogP contribution in [-0.2, 0) is 14.3 Å². The summed E-state index contributed by atoms with van der Waals surface area (Å²) < 4.78 is 5.29. The molecule has 5 aliphatic rings. The highest BCUT2D eigenvalue weighted by molar-refractivity contribution is 6.04. The third-order valence-electron chi connectivity index (χ3n) is 12.6.